The number of nitrogens with two attached hydrogens (primary N) is 1. The molecule has 0 radical (unpaired) electrons. The summed E-state index contributed by atoms with van der Waals surface area (Å²) in [6.07, 6.45) is 1.51. The molecule has 1 aromatic rings. The van der Waals surface area contributed by atoms with Gasteiger partial charge in [-0.15, -0.1) is 0 Å². The van der Waals surface area contributed by atoms with Crippen LogP contribution in [0.25, 0.3) is 0 Å². The quantitative estimate of drug-likeness (QED) is 0.819. The number of hydrogen-bond acceptors (Lipinski definition) is 3. The predicted molar refractivity (Wildman–Crippen MR) is 57.1 cm³/mol. The summed E-state index contributed by atoms with van der Waals surface area (Å²) in [6, 6.07) is 1.62. The molecule has 0 unspecified atom stereocenters. The molecule has 13 heavy (non-hydrogen) atoms. The van der Waals surface area contributed by atoms with Crippen molar-refractivity contribution in [3.63, 3.8) is 0 Å². The normalized spacial score (nSPS) is 9.69. The highest BCUT2D eigenvalue weighted by Gasteiger charge is 2.00. The number of pyridine rings is 1. The molecule has 70 valence electrons. The van der Waals surface area contributed by atoms with E-state index in [1.54, 1.807) is 6.07 Å². The fraction of sp³-hybridized carbons (Fsp3) is 0.125. The van der Waals surface area contributed by atoms with E-state index in [0.717, 1.165) is 0 Å². The van der Waals surface area contributed by atoms with Crippen LogP contribution in [0.4, 0.5) is 11.5 Å². The molecule has 3 nitrogen and oxygen atoms in total. The van der Waals surface area contributed by atoms with Crippen molar-refractivity contribution in [2.75, 3.05) is 17.6 Å². The van der Waals surface area contributed by atoms with Crippen molar-refractivity contribution < 1.29 is 0 Å². The lowest BCUT2D eigenvalue weighted by Gasteiger charge is -2.06. The second-order valence-electron chi connectivity index (χ2n) is 2.46. The maximum atomic E-state index is 5.67. The van der Waals surface area contributed by atoms with Gasteiger partial charge in [0, 0.05) is 11.2 Å². The number of nitrogens with zero attached hydrogens (tertiary/aromatic N) is 1. The second kappa shape index (κ2) is 4.35. The molecule has 0 aliphatic rings. The lowest BCUT2D eigenvalue weighted by Crippen LogP contribution is -2.05. The van der Waals surface area contributed by atoms with E-state index in [2.05, 4.69) is 16.9 Å². The van der Waals surface area contributed by atoms with Crippen LogP contribution in [-0.4, -0.2) is 11.5 Å². The third kappa shape index (κ3) is 3.13. The Balaban J connectivity index is 2.72. The highest BCUT2D eigenvalue weighted by Crippen LogP contribution is 2.19. The molecule has 0 spiro atoms. The Labute approximate surface area is 86.6 Å². The molecule has 0 atom stereocenters. The Morgan fingerprint density at radius 2 is 2.38 bits per heavy atom. The number of nitrogen functional groups attached to an aromatic ring is 1. The van der Waals surface area contributed by atoms with Crippen LogP contribution >= 0.6 is 23.2 Å². The van der Waals surface area contributed by atoms with Crippen molar-refractivity contribution >= 4 is 34.7 Å². The van der Waals surface area contributed by atoms with Gasteiger partial charge in [-0.1, -0.05) is 29.8 Å². The fourth-order valence-corrected chi connectivity index (χ4v) is 1.02. The van der Waals surface area contributed by atoms with Crippen LogP contribution in [0.3, 0.4) is 0 Å². The number of anilines is 2. The fourth-order valence-electron chi connectivity index (χ4n) is 0.782. The first kappa shape index (κ1) is 10.2. The van der Waals surface area contributed by atoms with Crippen LogP contribution in [-0.2, 0) is 0 Å². The van der Waals surface area contributed by atoms with Gasteiger partial charge in [-0.2, -0.15) is 0 Å². The lowest BCUT2D eigenvalue weighted by molar-refractivity contribution is 1.22. The second-order valence-corrected chi connectivity index (χ2v) is 3.43. The van der Waals surface area contributed by atoms with E-state index in [1.807, 2.05) is 0 Å². The van der Waals surface area contributed by atoms with E-state index in [0.29, 0.717) is 28.1 Å². The van der Waals surface area contributed by atoms with Crippen LogP contribution in [0.1, 0.15) is 0 Å². The molecule has 0 saturated heterocycles. The van der Waals surface area contributed by atoms with Crippen molar-refractivity contribution in [1.29, 1.82) is 0 Å². The van der Waals surface area contributed by atoms with Crippen LogP contribution in [0.5, 0.6) is 0 Å². The number of aromatic nitrogens is 1. The Morgan fingerprint density at radius 1 is 1.69 bits per heavy atom. The van der Waals surface area contributed by atoms with Gasteiger partial charge in [0.15, 0.2) is 0 Å². The highest BCUT2D eigenvalue weighted by molar-refractivity contribution is 6.30. The van der Waals surface area contributed by atoms with Crippen molar-refractivity contribution in [3.8, 4) is 0 Å². The maximum absolute atomic E-state index is 5.67. The molecular formula is C8H9Cl2N3. The molecule has 1 aromatic heterocycles. The molecular weight excluding hydrogens is 209 g/mol. The van der Waals surface area contributed by atoms with E-state index < -0.39 is 0 Å². The van der Waals surface area contributed by atoms with Crippen molar-refractivity contribution in [3.05, 3.63) is 28.9 Å². The molecule has 1 rings (SSSR count). The third-order valence-corrected chi connectivity index (χ3v) is 1.67. The van der Waals surface area contributed by atoms with Crippen LogP contribution in [0.2, 0.25) is 5.02 Å². The van der Waals surface area contributed by atoms with E-state index in [-0.39, 0.29) is 0 Å². The molecule has 0 aromatic carbocycles. The zero-order valence-electron chi connectivity index (χ0n) is 6.85. The van der Waals surface area contributed by atoms with Gasteiger partial charge in [0.2, 0.25) is 0 Å². The molecule has 1 heterocycles. The summed E-state index contributed by atoms with van der Waals surface area (Å²) in [5.74, 6) is 0.561. The van der Waals surface area contributed by atoms with Crippen LogP contribution < -0.4 is 11.1 Å². The van der Waals surface area contributed by atoms with E-state index >= 15 is 0 Å². The monoisotopic (exact) mass is 217 g/mol. The minimum absolute atomic E-state index is 0.431. The van der Waals surface area contributed by atoms with Gasteiger partial charge in [0.1, 0.15) is 5.82 Å². The van der Waals surface area contributed by atoms with Gasteiger partial charge in [-0.25, -0.2) is 4.98 Å². The molecule has 0 aliphatic carbocycles. The van der Waals surface area contributed by atoms with Gasteiger partial charge in [0.25, 0.3) is 0 Å². The van der Waals surface area contributed by atoms with Crippen molar-refractivity contribution in [2.24, 2.45) is 0 Å². The topological polar surface area (TPSA) is 50.9 Å². The molecule has 5 heteroatoms. The summed E-state index contributed by atoms with van der Waals surface area (Å²) in [5.41, 5.74) is 6.12. The zero-order valence-corrected chi connectivity index (χ0v) is 8.36. The smallest absolute Gasteiger partial charge is 0.149 e. The Kier molecular flexibility index (Phi) is 3.39. The average Bonchev–Trinajstić information content (AvgIpc) is 2.02. The summed E-state index contributed by atoms with van der Waals surface area (Å²) in [4.78, 5) is 3.98. The predicted octanol–water partition coefficient (Wildman–Crippen LogP) is 2.48. The Bertz CT molecular complexity index is 325. The summed E-state index contributed by atoms with van der Waals surface area (Å²) < 4.78 is 0. The number of halogens is 2. The first-order valence-corrected chi connectivity index (χ1v) is 4.33. The maximum Gasteiger partial charge on any atom is 0.149 e. The SMILES string of the molecule is C=C(Cl)CNc1ncc(Cl)cc1N. The van der Waals surface area contributed by atoms with E-state index in [1.165, 1.54) is 6.20 Å². The third-order valence-electron chi connectivity index (χ3n) is 1.33. The molecule has 0 bridgehead atoms. The number of nitrogens with one attached hydrogen (secondary N) is 1. The lowest BCUT2D eigenvalue weighted by atomic mass is 10.4. The minimum Gasteiger partial charge on any atom is -0.396 e. The summed E-state index contributed by atoms with van der Waals surface area (Å²) in [5, 5.41) is 3.92. The summed E-state index contributed by atoms with van der Waals surface area (Å²) in [7, 11) is 0. The van der Waals surface area contributed by atoms with Gasteiger partial charge in [-0.3, -0.25) is 0 Å². The van der Waals surface area contributed by atoms with Gasteiger partial charge >= 0.3 is 0 Å². The Morgan fingerprint density at radius 3 is 2.92 bits per heavy atom. The first-order valence-electron chi connectivity index (χ1n) is 3.58. The van der Waals surface area contributed by atoms with E-state index in [4.69, 9.17) is 28.9 Å². The van der Waals surface area contributed by atoms with Gasteiger partial charge in [0.05, 0.1) is 17.3 Å². The molecule has 0 saturated carbocycles. The molecule has 3 N–H and O–H groups in total. The average molecular weight is 218 g/mol. The number of hydrogen-bond donors (Lipinski definition) is 2. The highest BCUT2D eigenvalue weighted by atomic mass is 35.5. The summed E-state index contributed by atoms with van der Waals surface area (Å²) >= 11 is 11.2. The minimum atomic E-state index is 0.431. The number of rotatable bonds is 3. The largest absolute Gasteiger partial charge is 0.396 e. The van der Waals surface area contributed by atoms with Crippen molar-refractivity contribution in [2.45, 2.75) is 0 Å². The van der Waals surface area contributed by atoms with Crippen LogP contribution in [0, 0.1) is 0 Å². The summed E-state index contributed by atoms with van der Waals surface area (Å²) in [6.45, 7) is 3.96. The van der Waals surface area contributed by atoms with E-state index in [9.17, 15) is 0 Å². The first-order chi connectivity index (χ1) is 6.09. The van der Waals surface area contributed by atoms with Gasteiger partial charge in [-0.05, 0) is 6.07 Å². The molecule has 0 fully saturated rings. The van der Waals surface area contributed by atoms with Crippen molar-refractivity contribution in [1.82, 2.24) is 4.98 Å². The van der Waals surface area contributed by atoms with Crippen LogP contribution in [0.15, 0.2) is 23.9 Å². The standard InChI is InChI=1S/C8H9Cl2N3/c1-5(9)3-12-8-7(11)2-6(10)4-13-8/h2,4H,1,3,11H2,(H,12,13). The Hall–Kier alpha value is -0.930. The molecule has 0 aliphatic heterocycles. The molecule has 0 amide bonds. The van der Waals surface area contributed by atoms with Gasteiger partial charge < -0.3 is 11.1 Å². The zero-order chi connectivity index (χ0) is 9.84.